The summed E-state index contributed by atoms with van der Waals surface area (Å²) in [5.41, 5.74) is 0. The van der Waals surface area contributed by atoms with E-state index in [4.69, 9.17) is 0 Å². The topological polar surface area (TPSA) is 68.3 Å². The van der Waals surface area contributed by atoms with Gasteiger partial charge in [0.05, 0.1) is 9.79 Å². The molecule has 0 aliphatic rings. The van der Waals surface area contributed by atoms with Gasteiger partial charge in [0.15, 0.2) is 20.5 Å². The molecule has 0 aromatic heterocycles. The Morgan fingerprint density at radius 3 is 2.31 bits per heavy atom. The van der Waals surface area contributed by atoms with Crippen molar-refractivity contribution in [1.29, 1.82) is 0 Å². The van der Waals surface area contributed by atoms with Gasteiger partial charge >= 0.3 is 0 Å². The highest BCUT2D eigenvalue weighted by molar-refractivity contribution is 7.90. The summed E-state index contributed by atoms with van der Waals surface area (Å²) in [5.74, 6) is 0. The van der Waals surface area contributed by atoms with E-state index in [0.29, 0.717) is 0 Å². The van der Waals surface area contributed by atoms with Gasteiger partial charge < -0.3 is 0 Å². The zero-order valence-corrected chi connectivity index (χ0v) is 8.51. The summed E-state index contributed by atoms with van der Waals surface area (Å²) in [6.45, 7) is 0. The molecule has 0 heterocycles. The van der Waals surface area contributed by atoms with Crippen molar-refractivity contribution < 1.29 is 16.8 Å². The molecule has 0 aliphatic carbocycles. The van der Waals surface area contributed by atoms with E-state index in [1.54, 1.807) is 0 Å². The molecular formula is C7H8O4S2. The minimum absolute atomic E-state index is 0.0120. The molecule has 4 nitrogen and oxygen atoms in total. The van der Waals surface area contributed by atoms with Gasteiger partial charge in [-0.05, 0) is 18.2 Å². The molecule has 1 aromatic carbocycles. The zero-order valence-electron chi connectivity index (χ0n) is 6.80. The summed E-state index contributed by atoms with van der Waals surface area (Å²) in [7, 11) is -6.05. The minimum Gasteiger partial charge on any atom is -0.227 e. The lowest BCUT2D eigenvalue weighted by atomic mass is 10.4. The summed E-state index contributed by atoms with van der Waals surface area (Å²) in [5, 5.41) is 0. The van der Waals surface area contributed by atoms with Crippen molar-refractivity contribution in [2.45, 2.75) is 9.79 Å². The van der Waals surface area contributed by atoms with Crippen LogP contribution in [-0.2, 0) is 20.5 Å². The van der Waals surface area contributed by atoms with Crippen LogP contribution in [0.2, 0.25) is 0 Å². The fourth-order valence-electron chi connectivity index (χ4n) is 0.828. The van der Waals surface area contributed by atoms with Crippen LogP contribution in [0.4, 0.5) is 0 Å². The molecule has 0 atom stereocenters. The van der Waals surface area contributed by atoms with E-state index in [9.17, 15) is 16.8 Å². The molecule has 1 aromatic rings. The summed E-state index contributed by atoms with van der Waals surface area (Å²) < 4.78 is 43.1. The normalized spacial score (nSPS) is 11.8. The van der Waals surface area contributed by atoms with Gasteiger partial charge in [0.1, 0.15) is 0 Å². The molecule has 0 amide bonds. The third-order valence-corrected chi connectivity index (χ3v) is 3.27. The summed E-state index contributed by atoms with van der Waals surface area (Å²) in [6, 6.07) is 5.25. The average molecular weight is 220 g/mol. The molecule has 0 saturated heterocycles. The Hall–Kier alpha value is -0.880. The highest BCUT2D eigenvalue weighted by Crippen LogP contribution is 2.11. The van der Waals surface area contributed by atoms with Crippen molar-refractivity contribution >= 4 is 20.5 Å². The van der Waals surface area contributed by atoms with Crippen LogP contribution in [0.1, 0.15) is 0 Å². The van der Waals surface area contributed by atoms with E-state index in [2.05, 4.69) is 0 Å². The van der Waals surface area contributed by atoms with Gasteiger partial charge in [0.25, 0.3) is 0 Å². The number of rotatable bonds is 2. The Morgan fingerprint density at radius 2 is 1.85 bits per heavy atom. The smallest absolute Gasteiger partial charge is 0.175 e. The quantitative estimate of drug-likeness (QED) is 0.716. The first-order valence-corrected chi connectivity index (χ1v) is 6.42. The van der Waals surface area contributed by atoms with Crippen molar-refractivity contribution in [1.82, 2.24) is 0 Å². The number of hydrogen-bond donors (Lipinski definition) is 1. The molecule has 1 rings (SSSR count). The average Bonchev–Trinajstić information content (AvgIpc) is 2.03. The second kappa shape index (κ2) is 3.47. The Balaban J connectivity index is 3.37. The van der Waals surface area contributed by atoms with Crippen LogP contribution in [0.5, 0.6) is 0 Å². The Labute approximate surface area is 78.1 Å². The molecule has 13 heavy (non-hydrogen) atoms. The standard InChI is InChI=1S/C7H8O4S2/c1-13(10,11)7-4-2-3-6(5-7)12(8)9/h2-5,12H,1H3. The van der Waals surface area contributed by atoms with Gasteiger partial charge in [-0.3, -0.25) is 0 Å². The van der Waals surface area contributed by atoms with Gasteiger partial charge in [0.2, 0.25) is 0 Å². The van der Waals surface area contributed by atoms with Crippen LogP contribution in [-0.4, -0.2) is 23.1 Å². The molecule has 0 bridgehead atoms. The second-order valence-electron chi connectivity index (χ2n) is 2.53. The lowest BCUT2D eigenvalue weighted by Gasteiger charge is -1.97. The van der Waals surface area contributed by atoms with Gasteiger partial charge in [-0.2, -0.15) is 0 Å². The van der Waals surface area contributed by atoms with E-state index in [1.807, 2.05) is 0 Å². The van der Waals surface area contributed by atoms with Crippen molar-refractivity contribution in [3.8, 4) is 0 Å². The SMILES string of the molecule is CS(=O)(=O)c1cccc([SH](=O)=O)c1. The number of sulfone groups is 1. The molecule has 72 valence electrons. The fourth-order valence-corrected chi connectivity index (χ4v) is 2.03. The first-order valence-electron chi connectivity index (χ1n) is 3.36. The van der Waals surface area contributed by atoms with E-state index in [0.717, 1.165) is 12.3 Å². The first-order chi connectivity index (χ1) is 5.91. The molecule has 0 saturated carbocycles. The van der Waals surface area contributed by atoms with Gasteiger partial charge in [0, 0.05) is 6.26 Å². The first kappa shape index (κ1) is 10.2. The second-order valence-corrected chi connectivity index (χ2v) is 5.57. The van der Waals surface area contributed by atoms with E-state index < -0.39 is 20.5 Å². The number of hydrogen-bond acceptors (Lipinski definition) is 4. The van der Waals surface area contributed by atoms with E-state index >= 15 is 0 Å². The molecule has 6 heteroatoms. The lowest BCUT2D eigenvalue weighted by Crippen LogP contribution is -1.97. The van der Waals surface area contributed by atoms with Crippen LogP contribution in [0, 0.1) is 0 Å². The van der Waals surface area contributed by atoms with Gasteiger partial charge in [-0.25, -0.2) is 16.8 Å². The maximum absolute atomic E-state index is 11.0. The third kappa shape index (κ3) is 2.53. The minimum atomic E-state index is -3.33. The third-order valence-electron chi connectivity index (χ3n) is 1.46. The van der Waals surface area contributed by atoms with Crippen LogP contribution in [0.3, 0.4) is 0 Å². The Bertz CT molecular complexity index is 477. The zero-order chi connectivity index (χ0) is 10.1. The largest absolute Gasteiger partial charge is 0.227 e. The van der Waals surface area contributed by atoms with Crippen LogP contribution < -0.4 is 0 Å². The van der Waals surface area contributed by atoms with Gasteiger partial charge in [-0.15, -0.1) is 0 Å². The van der Waals surface area contributed by atoms with Crippen molar-refractivity contribution in [3.63, 3.8) is 0 Å². The van der Waals surface area contributed by atoms with Crippen molar-refractivity contribution in [2.24, 2.45) is 0 Å². The molecular weight excluding hydrogens is 212 g/mol. The molecule has 0 unspecified atom stereocenters. The van der Waals surface area contributed by atoms with Crippen molar-refractivity contribution in [3.05, 3.63) is 24.3 Å². The number of thiol groups is 1. The number of benzene rings is 1. The summed E-state index contributed by atoms with van der Waals surface area (Å²) >= 11 is 0. The molecule has 0 aliphatic heterocycles. The van der Waals surface area contributed by atoms with Crippen LogP contribution in [0.15, 0.2) is 34.1 Å². The molecule has 0 fully saturated rings. The molecule has 0 N–H and O–H groups in total. The maximum atomic E-state index is 11.0. The summed E-state index contributed by atoms with van der Waals surface area (Å²) in [6.07, 6.45) is 1.03. The van der Waals surface area contributed by atoms with Crippen LogP contribution >= 0.6 is 0 Å². The van der Waals surface area contributed by atoms with Gasteiger partial charge in [-0.1, -0.05) is 6.07 Å². The maximum Gasteiger partial charge on any atom is 0.175 e. The Morgan fingerprint density at radius 1 is 1.23 bits per heavy atom. The van der Waals surface area contributed by atoms with E-state index in [-0.39, 0.29) is 9.79 Å². The lowest BCUT2D eigenvalue weighted by molar-refractivity contribution is 0.601. The summed E-state index contributed by atoms with van der Waals surface area (Å²) in [4.78, 5) is 0.0297. The molecule has 0 spiro atoms. The van der Waals surface area contributed by atoms with Crippen LogP contribution in [0.25, 0.3) is 0 Å². The van der Waals surface area contributed by atoms with Crippen molar-refractivity contribution in [2.75, 3.05) is 6.26 Å². The monoisotopic (exact) mass is 220 g/mol. The Kier molecular flexibility index (Phi) is 2.72. The van der Waals surface area contributed by atoms with E-state index in [1.165, 1.54) is 18.2 Å². The highest BCUT2D eigenvalue weighted by atomic mass is 32.2. The molecule has 0 radical (unpaired) electrons. The fraction of sp³-hybridized carbons (Fsp3) is 0.143. The predicted molar refractivity (Wildman–Crippen MR) is 48.1 cm³/mol. The predicted octanol–water partition coefficient (Wildman–Crippen LogP) is 0.0604. The highest BCUT2D eigenvalue weighted by Gasteiger charge is 2.07.